The number of hydrogen-bond donors (Lipinski definition) is 6. The lowest BCUT2D eigenvalue weighted by atomic mass is 9.85. The van der Waals surface area contributed by atoms with Gasteiger partial charge in [-0.05, 0) is 60.2 Å². The number of nitrogens with zero attached hydrogens (tertiary/aromatic N) is 5. The maximum atomic E-state index is 12.9. The lowest BCUT2D eigenvalue weighted by Gasteiger charge is -2.20. The third-order valence-corrected chi connectivity index (χ3v) is 7.39. The molecule has 0 aliphatic rings. The van der Waals surface area contributed by atoms with Crippen LogP contribution in [-0.4, -0.2) is 73.5 Å². The molecule has 2 amide bonds. The molecule has 2 aromatic heterocycles. The fraction of sp³-hybridized carbons (Fsp3) is 0.312. The van der Waals surface area contributed by atoms with Gasteiger partial charge < -0.3 is 37.2 Å². The smallest absolute Gasteiger partial charge is 0.336 e. The third-order valence-electron chi connectivity index (χ3n) is 7.39. The Labute approximate surface area is 270 Å². The topological polar surface area (TPSA) is 240 Å². The highest BCUT2D eigenvalue weighted by Crippen LogP contribution is 2.25. The zero-order chi connectivity index (χ0) is 34.5. The number of aromatic nitrogens is 4. The number of benzene rings is 2. The second-order valence-corrected chi connectivity index (χ2v) is 12.0. The van der Waals surface area contributed by atoms with Gasteiger partial charge in [0.05, 0.1) is 29.6 Å². The number of nitrogens with two attached hydrogens (primary N) is 2. The molecule has 0 bridgehead atoms. The van der Waals surface area contributed by atoms with E-state index in [4.69, 9.17) is 11.5 Å². The molecule has 8 N–H and O–H groups in total. The summed E-state index contributed by atoms with van der Waals surface area (Å²) in [7, 11) is 1.83. The average molecular weight is 644 g/mol. The molecule has 1 atom stereocenters. The van der Waals surface area contributed by atoms with Crippen molar-refractivity contribution < 1.29 is 29.4 Å². The van der Waals surface area contributed by atoms with Crippen molar-refractivity contribution in [1.82, 2.24) is 30.6 Å². The Hall–Kier alpha value is -5.86. The molecule has 15 heteroatoms. The van der Waals surface area contributed by atoms with Crippen LogP contribution in [0.5, 0.6) is 0 Å². The van der Waals surface area contributed by atoms with Gasteiger partial charge in [-0.3, -0.25) is 9.59 Å². The van der Waals surface area contributed by atoms with Crippen molar-refractivity contribution in [3.8, 4) is 0 Å². The van der Waals surface area contributed by atoms with Gasteiger partial charge >= 0.3 is 11.9 Å². The number of carboxylic acid groups (broad SMARTS) is 2. The van der Waals surface area contributed by atoms with Crippen LogP contribution in [0.3, 0.4) is 0 Å². The second kappa shape index (κ2) is 14.1. The van der Waals surface area contributed by atoms with Gasteiger partial charge in [0, 0.05) is 24.8 Å². The van der Waals surface area contributed by atoms with Gasteiger partial charge in [-0.2, -0.15) is 9.97 Å². The molecule has 4 aromatic rings. The number of nitrogens with one attached hydrogen (secondary N) is 2. The molecule has 0 saturated carbocycles. The van der Waals surface area contributed by atoms with E-state index in [1.54, 1.807) is 36.5 Å². The zero-order valence-corrected chi connectivity index (χ0v) is 26.4. The number of amides is 2. The normalized spacial score (nSPS) is 11.9. The zero-order valence-electron chi connectivity index (χ0n) is 26.4. The van der Waals surface area contributed by atoms with Crippen LogP contribution in [0.25, 0.3) is 11.2 Å². The number of hydrogen-bond acceptors (Lipinski definition) is 11. The monoisotopic (exact) mass is 643 g/mol. The third kappa shape index (κ3) is 8.45. The molecule has 0 spiro atoms. The first-order valence-corrected chi connectivity index (χ1v) is 14.7. The number of nitrogen functional groups attached to an aromatic ring is 2. The summed E-state index contributed by atoms with van der Waals surface area (Å²) >= 11 is 0. The first-order valence-electron chi connectivity index (χ1n) is 14.7. The van der Waals surface area contributed by atoms with E-state index in [9.17, 15) is 29.4 Å². The molecule has 2 heterocycles. The van der Waals surface area contributed by atoms with Crippen molar-refractivity contribution >= 4 is 52.4 Å². The van der Waals surface area contributed by atoms with Gasteiger partial charge in [-0.1, -0.05) is 26.8 Å². The van der Waals surface area contributed by atoms with Crippen molar-refractivity contribution in [1.29, 1.82) is 0 Å². The molecule has 0 aliphatic heterocycles. The predicted octanol–water partition coefficient (Wildman–Crippen LogP) is 2.61. The number of aromatic carboxylic acids is 1. The Morgan fingerprint density at radius 1 is 0.936 bits per heavy atom. The van der Waals surface area contributed by atoms with Gasteiger partial charge in [0.15, 0.2) is 17.0 Å². The van der Waals surface area contributed by atoms with E-state index in [0.29, 0.717) is 17.8 Å². The van der Waals surface area contributed by atoms with Gasteiger partial charge in [-0.25, -0.2) is 19.6 Å². The minimum absolute atomic E-state index is 0.00710. The SMILES string of the molecule is CN(Cc1cnc2nc(N)nc(N)c2n1)c1ccc(C(=O)N[C@@H](CCCNC(=O)c2ccc(C(C)(C)C)cc2C(=O)O)C(=O)O)cc1. The van der Waals surface area contributed by atoms with Gasteiger partial charge in [0.25, 0.3) is 11.8 Å². The molecule has 0 fully saturated rings. The number of carbonyl (C=O) groups is 4. The summed E-state index contributed by atoms with van der Waals surface area (Å²) in [6, 6.07) is 10.0. The summed E-state index contributed by atoms with van der Waals surface area (Å²) in [5.41, 5.74) is 14.1. The number of carbonyl (C=O) groups excluding carboxylic acids is 2. The average Bonchev–Trinajstić information content (AvgIpc) is 3.01. The van der Waals surface area contributed by atoms with Crippen molar-refractivity contribution in [3.63, 3.8) is 0 Å². The molecule has 0 unspecified atom stereocenters. The number of rotatable bonds is 12. The Kier molecular flexibility index (Phi) is 10.2. The summed E-state index contributed by atoms with van der Waals surface area (Å²) in [4.78, 5) is 67.8. The summed E-state index contributed by atoms with van der Waals surface area (Å²) in [6.07, 6.45) is 1.81. The van der Waals surface area contributed by atoms with Crippen molar-refractivity contribution in [2.24, 2.45) is 0 Å². The Morgan fingerprint density at radius 2 is 1.64 bits per heavy atom. The van der Waals surface area contributed by atoms with Gasteiger partial charge in [0.1, 0.15) is 6.04 Å². The summed E-state index contributed by atoms with van der Waals surface area (Å²) in [5.74, 6) is -3.47. The minimum atomic E-state index is -1.22. The van der Waals surface area contributed by atoms with Gasteiger partial charge in [-0.15, -0.1) is 0 Å². The predicted molar refractivity (Wildman–Crippen MR) is 175 cm³/mol. The molecular formula is C32H37N9O6. The van der Waals surface area contributed by atoms with Crippen LogP contribution in [0.1, 0.15) is 75.9 Å². The molecule has 2 aromatic carbocycles. The standard InChI is InChI=1S/C32H37N9O6/c1-32(2,3)18-9-12-21(22(14-18)29(44)45)28(43)35-13-5-6-23(30(46)47)38-27(42)17-7-10-20(11-8-17)41(4)16-19-15-36-26-24(37-19)25(33)39-31(34)40-26/h7-12,14-15,23H,5-6,13,16H2,1-4H3,(H,35,43)(H,38,42)(H,44,45)(H,46,47)(H4,33,34,36,39,40)/t23-/m0/s1. The van der Waals surface area contributed by atoms with Crippen LogP contribution >= 0.6 is 0 Å². The molecule has 0 saturated heterocycles. The largest absolute Gasteiger partial charge is 0.480 e. The van der Waals surface area contributed by atoms with Crippen LogP contribution in [-0.2, 0) is 16.8 Å². The van der Waals surface area contributed by atoms with Crippen molar-refractivity contribution in [2.45, 2.75) is 51.6 Å². The van der Waals surface area contributed by atoms with E-state index in [1.165, 1.54) is 12.1 Å². The summed E-state index contributed by atoms with van der Waals surface area (Å²) in [6.45, 7) is 6.25. The molecule has 0 aliphatic carbocycles. The lowest BCUT2D eigenvalue weighted by molar-refractivity contribution is -0.139. The Balaban J connectivity index is 1.31. The van der Waals surface area contributed by atoms with E-state index in [-0.39, 0.29) is 58.9 Å². The quantitative estimate of drug-likeness (QED) is 0.122. The number of aliphatic carboxylic acids is 1. The van der Waals surface area contributed by atoms with E-state index < -0.39 is 29.8 Å². The molecule has 4 rings (SSSR count). The van der Waals surface area contributed by atoms with Crippen LogP contribution in [0.2, 0.25) is 0 Å². The van der Waals surface area contributed by atoms with E-state index in [1.807, 2.05) is 32.7 Å². The maximum Gasteiger partial charge on any atom is 0.336 e. The summed E-state index contributed by atoms with van der Waals surface area (Å²) < 4.78 is 0. The van der Waals surface area contributed by atoms with E-state index >= 15 is 0 Å². The highest BCUT2D eigenvalue weighted by molar-refractivity contribution is 6.05. The molecular weight excluding hydrogens is 606 g/mol. The molecule has 246 valence electrons. The maximum absolute atomic E-state index is 12.9. The van der Waals surface area contributed by atoms with Crippen LogP contribution in [0.4, 0.5) is 17.5 Å². The second-order valence-electron chi connectivity index (χ2n) is 12.0. The molecule has 15 nitrogen and oxygen atoms in total. The van der Waals surface area contributed by atoms with Crippen molar-refractivity contribution in [2.75, 3.05) is 30.0 Å². The number of anilines is 3. The van der Waals surface area contributed by atoms with E-state index in [0.717, 1.165) is 11.3 Å². The Bertz CT molecular complexity index is 1820. The fourth-order valence-electron chi connectivity index (χ4n) is 4.75. The van der Waals surface area contributed by atoms with Crippen LogP contribution in [0, 0.1) is 0 Å². The highest BCUT2D eigenvalue weighted by atomic mass is 16.4. The first-order chi connectivity index (χ1) is 22.1. The number of fused-ring (bicyclic) bond motifs is 1. The van der Waals surface area contributed by atoms with E-state index in [2.05, 4.69) is 30.6 Å². The fourth-order valence-corrected chi connectivity index (χ4v) is 4.75. The van der Waals surface area contributed by atoms with Crippen molar-refractivity contribution in [3.05, 3.63) is 76.6 Å². The Morgan fingerprint density at radius 3 is 2.28 bits per heavy atom. The molecule has 0 radical (unpaired) electrons. The number of carboxylic acids is 2. The minimum Gasteiger partial charge on any atom is -0.480 e. The first kappa shape index (κ1) is 34.0. The molecule has 47 heavy (non-hydrogen) atoms. The highest BCUT2D eigenvalue weighted by Gasteiger charge is 2.23. The van der Waals surface area contributed by atoms with Crippen LogP contribution in [0.15, 0.2) is 48.7 Å². The van der Waals surface area contributed by atoms with Gasteiger partial charge in [0.2, 0.25) is 5.95 Å². The van der Waals surface area contributed by atoms with Crippen LogP contribution < -0.4 is 27.0 Å². The lowest BCUT2D eigenvalue weighted by Crippen LogP contribution is -2.41. The summed E-state index contributed by atoms with van der Waals surface area (Å²) in [5, 5.41) is 24.5.